The van der Waals surface area contributed by atoms with Crippen molar-refractivity contribution < 1.29 is 22.8 Å². The van der Waals surface area contributed by atoms with Crippen molar-refractivity contribution in [1.82, 2.24) is 5.32 Å². The largest absolute Gasteiger partial charge is 0.416 e. The third-order valence-electron chi connectivity index (χ3n) is 3.97. The summed E-state index contributed by atoms with van der Waals surface area (Å²) in [6.45, 7) is 3.08. The van der Waals surface area contributed by atoms with Gasteiger partial charge in [0.25, 0.3) is 0 Å². The average molecular weight is 399 g/mol. The molecule has 2 rings (SSSR count). The van der Waals surface area contributed by atoms with Crippen LogP contribution in [0.3, 0.4) is 0 Å². The highest BCUT2D eigenvalue weighted by molar-refractivity contribution is 6.30. The Morgan fingerprint density at radius 2 is 1.48 bits per heavy atom. The Bertz CT molecular complexity index is 816. The van der Waals surface area contributed by atoms with Crippen LogP contribution in [0.5, 0.6) is 0 Å². The zero-order valence-electron chi connectivity index (χ0n) is 14.7. The Hall–Kier alpha value is -2.54. The number of carbonyl (C=O) groups is 2. The maximum absolute atomic E-state index is 12.6. The Kier molecular flexibility index (Phi) is 6.15. The molecule has 0 saturated carbocycles. The number of hydrogen-bond donors (Lipinski definition) is 2. The topological polar surface area (TPSA) is 58.2 Å². The van der Waals surface area contributed by atoms with Gasteiger partial charge in [0, 0.05) is 17.3 Å². The summed E-state index contributed by atoms with van der Waals surface area (Å²) >= 11 is 5.80. The number of halogens is 4. The molecular formula is C19H18ClF3N2O2. The summed E-state index contributed by atoms with van der Waals surface area (Å²) in [4.78, 5) is 24.8. The van der Waals surface area contributed by atoms with Gasteiger partial charge in [-0.15, -0.1) is 0 Å². The van der Waals surface area contributed by atoms with Gasteiger partial charge in [0.2, 0.25) is 11.8 Å². The van der Waals surface area contributed by atoms with Crippen LogP contribution in [-0.2, 0) is 22.3 Å². The normalized spacial score (nSPS) is 11.8. The minimum atomic E-state index is -4.45. The molecule has 0 atom stereocenters. The van der Waals surface area contributed by atoms with E-state index in [1.165, 1.54) is 13.8 Å². The standard InChI is InChI=1S/C19H18ClF3N2O2/c1-18(2,16(26)24-11-12-3-7-14(20)8-4-12)17(27)25-15-9-5-13(6-10-15)19(21,22)23/h3-10H,11H2,1-2H3,(H,24,26)(H,25,27). The molecule has 27 heavy (non-hydrogen) atoms. The molecule has 0 aliphatic carbocycles. The molecule has 144 valence electrons. The number of benzene rings is 2. The van der Waals surface area contributed by atoms with Crippen LogP contribution in [0.4, 0.5) is 18.9 Å². The molecule has 0 fully saturated rings. The van der Waals surface area contributed by atoms with Crippen LogP contribution in [-0.4, -0.2) is 11.8 Å². The van der Waals surface area contributed by atoms with Gasteiger partial charge in [-0.2, -0.15) is 13.2 Å². The number of carbonyl (C=O) groups excluding carboxylic acids is 2. The van der Waals surface area contributed by atoms with Gasteiger partial charge in [0.15, 0.2) is 0 Å². The molecule has 2 aromatic carbocycles. The van der Waals surface area contributed by atoms with Gasteiger partial charge < -0.3 is 10.6 Å². The number of anilines is 1. The lowest BCUT2D eigenvalue weighted by Crippen LogP contribution is -2.44. The average Bonchev–Trinajstić information content (AvgIpc) is 2.60. The molecule has 0 unspecified atom stereocenters. The first-order chi connectivity index (χ1) is 12.5. The Morgan fingerprint density at radius 1 is 0.926 bits per heavy atom. The van der Waals surface area contributed by atoms with Crippen LogP contribution in [0, 0.1) is 5.41 Å². The molecule has 0 aromatic heterocycles. The second-order valence-corrected chi connectivity index (χ2v) is 6.90. The molecule has 0 aliphatic heterocycles. The third-order valence-corrected chi connectivity index (χ3v) is 4.22. The van der Waals surface area contributed by atoms with Crippen LogP contribution in [0.2, 0.25) is 5.02 Å². The van der Waals surface area contributed by atoms with E-state index in [9.17, 15) is 22.8 Å². The van der Waals surface area contributed by atoms with Crippen molar-refractivity contribution in [2.45, 2.75) is 26.6 Å². The van der Waals surface area contributed by atoms with Crippen molar-refractivity contribution in [3.8, 4) is 0 Å². The van der Waals surface area contributed by atoms with Gasteiger partial charge in [-0.3, -0.25) is 9.59 Å². The predicted molar refractivity (Wildman–Crippen MR) is 97.2 cm³/mol. The minimum absolute atomic E-state index is 0.173. The lowest BCUT2D eigenvalue weighted by atomic mass is 9.90. The lowest BCUT2D eigenvalue weighted by molar-refractivity contribution is -0.139. The molecule has 8 heteroatoms. The van der Waals surface area contributed by atoms with Crippen LogP contribution in [0.1, 0.15) is 25.0 Å². The van der Waals surface area contributed by atoms with E-state index < -0.39 is 29.0 Å². The number of hydrogen-bond acceptors (Lipinski definition) is 2. The molecule has 0 saturated heterocycles. The van der Waals surface area contributed by atoms with E-state index >= 15 is 0 Å². The molecule has 0 radical (unpaired) electrons. The van der Waals surface area contributed by atoms with E-state index in [-0.39, 0.29) is 12.2 Å². The zero-order chi connectivity index (χ0) is 20.2. The molecule has 2 aromatic rings. The number of amides is 2. The van der Waals surface area contributed by atoms with E-state index in [2.05, 4.69) is 10.6 Å². The first-order valence-corrected chi connectivity index (χ1v) is 8.39. The van der Waals surface area contributed by atoms with Crippen molar-refractivity contribution in [1.29, 1.82) is 0 Å². The molecule has 0 bridgehead atoms. The van der Waals surface area contributed by atoms with E-state index in [4.69, 9.17) is 11.6 Å². The summed E-state index contributed by atoms with van der Waals surface area (Å²) in [6, 6.07) is 10.9. The SMILES string of the molecule is CC(C)(C(=O)NCc1ccc(Cl)cc1)C(=O)Nc1ccc(C(F)(F)F)cc1. The van der Waals surface area contributed by atoms with Crippen molar-refractivity contribution in [3.63, 3.8) is 0 Å². The Balaban J connectivity index is 1.98. The third kappa shape index (κ3) is 5.47. The zero-order valence-corrected chi connectivity index (χ0v) is 15.4. The van der Waals surface area contributed by atoms with Gasteiger partial charge in [-0.25, -0.2) is 0 Å². The predicted octanol–water partition coefficient (Wildman–Crippen LogP) is 4.64. The molecule has 0 heterocycles. The molecule has 0 spiro atoms. The van der Waals surface area contributed by atoms with Gasteiger partial charge >= 0.3 is 6.18 Å². The van der Waals surface area contributed by atoms with Crippen LogP contribution in [0.15, 0.2) is 48.5 Å². The van der Waals surface area contributed by atoms with Gasteiger partial charge in [0.1, 0.15) is 5.41 Å². The maximum Gasteiger partial charge on any atom is 0.416 e. The van der Waals surface area contributed by atoms with Crippen LogP contribution < -0.4 is 10.6 Å². The van der Waals surface area contributed by atoms with Crippen molar-refractivity contribution in [3.05, 3.63) is 64.7 Å². The molecule has 4 nitrogen and oxygen atoms in total. The molecule has 0 aliphatic rings. The van der Waals surface area contributed by atoms with Crippen LogP contribution >= 0.6 is 11.6 Å². The van der Waals surface area contributed by atoms with E-state index in [1.54, 1.807) is 24.3 Å². The number of nitrogens with one attached hydrogen (secondary N) is 2. The monoisotopic (exact) mass is 398 g/mol. The first-order valence-electron chi connectivity index (χ1n) is 8.01. The molecule has 2 N–H and O–H groups in total. The summed E-state index contributed by atoms with van der Waals surface area (Å²) in [7, 11) is 0. The van der Waals surface area contributed by atoms with E-state index in [0.29, 0.717) is 5.02 Å². The fourth-order valence-corrected chi connectivity index (χ4v) is 2.26. The summed E-state index contributed by atoms with van der Waals surface area (Å²) in [5.41, 5.74) is -1.26. The quantitative estimate of drug-likeness (QED) is 0.721. The van der Waals surface area contributed by atoms with E-state index in [0.717, 1.165) is 29.8 Å². The summed E-state index contributed by atoms with van der Waals surface area (Å²) in [5.74, 6) is -1.14. The van der Waals surface area contributed by atoms with Crippen molar-refractivity contribution >= 4 is 29.1 Å². The highest BCUT2D eigenvalue weighted by Crippen LogP contribution is 2.30. The fraction of sp³-hybridized carbons (Fsp3) is 0.263. The summed E-state index contributed by atoms with van der Waals surface area (Å²) < 4.78 is 37.7. The number of alkyl halides is 3. The maximum atomic E-state index is 12.6. The molecule has 2 amide bonds. The first kappa shape index (κ1) is 20.8. The van der Waals surface area contributed by atoms with Gasteiger partial charge in [-0.1, -0.05) is 23.7 Å². The van der Waals surface area contributed by atoms with Crippen LogP contribution in [0.25, 0.3) is 0 Å². The minimum Gasteiger partial charge on any atom is -0.351 e. The Labute approximate surface area is 159 Å². The Morgan fingerprint density at radius 3 is 2.00 bits per heavy atom. The number of rotatable bonds is 5. The van der Waals surface area contributed by atoms with E-state index in [1.807, 2.05) is 0 Å². The van der Waals surface area contributed by atoms with Crippen molar-refractivity contribution in [2.75, 3.05) is 5.32 Å². The second kappa shape index (κ2) is 8.00. The fourth-order valence-electron chi connectivity index (χ4n) is 2.14. The smallest absolute Gasteiger partial charge is 0.351 e. The summed E-state index contributed by atoms with van der Waals surface area (Å²) in [6.07, 6.45) is -4.45. The molecular weight excluding hydrogens is 381 g/mol. The highest BCUT2D eigenvalue weighted by atomic mass is 35.5. The summed E-state index contributed by atoms with van der Waals surface area (Å²) in [5, 5.41) is 5.70. The highest BCUT2D eigenvalue weighted by Gasteiger charge is 2.36. The van der Waals surface area contributed by atoms with Crippen molar-refractivity contribution in [2.24, 2.45) is 5.41 Å². The van der Waals surface area contributed by atoms with Gasteiger partial charge in [0.05, 0.1) is 5.56 Å². The van der Waals surface area contributed by atoms with Gasteiger partial charge in [-0.05, 0) is 55.8 Å². The lowest BCUT2D eigenvalue weighted by Gasteiger charge is -2.23. The second-order valence-electron chi connectivity index (χ2n) is 6.46.